The Bertz CT molecular complexity index is 457. The maximum atomic E-state index is 5.26. The van der Waals surface area contributed by atoms with E-state index in [-0.39, 0.29) is 0 Å². The summed E-state index contributed by atoms with van der Waals surface area (Å²) in [7, 11) is 1.83. The molecule has 0 atom stereocenters. The second kappa shape index (κ2) is 4.31. The number of anilines is 1. The summed E-state index contributed by atoms with van der Waals surface area (Å²) in [5.74, 6) is 1.39. The van der Waals surface area contributed by atoms with Gasteiger partial charge in [0.15, 0.2) is 0 Å². The monoisotopic (exact) mass is 222 g/mol. The van der Waals surface area contributed by atoms with Crippen LogP contribution in [0.1, 0.15) is 5.89 Å². The van der Waals surface area contributed by atoms with E-state index in [1.807, 2.05) is 19.2 Å². The minimum atomic E-state index is 0.542. The molecule has 2 rings (SSSR count). The lowest BCUT2D eigenvalue weighted by atomic mass is 10.5. The highest BCUT2D eigenvalue weighted by Gasteiger charge is 2.05. The minimum absolute atomic E-state index is 0.542. The molecule has 0 aliphatic rings. The molecule has 2 aromatic heterocycles. The van der Waals surface area contributed by atoms with Crippen molar-refractivity contribution in [2.24, 2.45) is 0 Å². The molecule has 0 fully saturated rings. The fourth-order valence-corrected chi connectivity index (χ4v) is 1.78. The zero-order valence-electron chi connectivity index (χ0n) is 8.39. The third-order valence-corrected chi connectivity index (χ3v) is 2.53. The number of nitrogens with one attached hydrogen (secondary N) is 1. The van der Waals surface area contributed by atoms with Crippen molar-refractivity contribution in [3.05, 3.63) is 24.2 Å². The molecule has 2 heterocycles. The molecule has 1 N–H and O–H groups in total. The molecule has 0 spiro atoms. The Labute approximate surface area is 91.3 Å². The highest BCUT2D eigenvalue weighted by Crippen LogP contribution is 2.26. The van der Waals surface area contributed by atoms with Gasteiger partial charge < -0.3 is 9.73 Å². The zero-order chi connectivity index (χ0) is 10.7. The Kier molecular flexibility index (Phi) is 2.86. The Morgan fingerprint density at radius 1 is 1.40 bits per heavy atom. The van der Waals surface area contributed by atoms with Crippen LogP contribution >= 0.6 is 11.8 Å². The standard InChI is InChI=1S/C9H10N4OS/c1-6-12-13-9(14-6)15-7-3-4-11-8(5-7)10-2/h3-5H,1-2H3,(H,10,11). The van der Waals surface area contributed by atoms with Crippen molar-refractivity contribution in [2.75, 3.05) is 12.4 Å². The van der Waals surface area contributed by atoms with E-state index in [1.54, 1.807) is 13.1 Å². The molecule has 0 aliphatic heterocycles. The predicted molar refractivity (Wildman–Crippen MR) is 56.9 cm³/mol. The van der Waals surface area contributed by atoms with Crippen molar-refractivity contribution in [2.45, 2.75) is 17.0 Å². The Morgan fingerprint density at radius 2 is 2.27 bits per heavy atom. The van der Waals surface area contributed by atoms with Crippen LogP contribution in [0.2, 0.25) is 0 Å². The molecule has 0 aromatic carbocycles. The fourth-order valence-electron chi connectivity index (χ4n) is 1.03. The van der Waals surface area contributed by atoms with E-state index < -0.39 is 0 Å². The summed E-state index contributed by atoms with van der Waals surface area (Å²) in [4.78, 5) is 5.13. The maximum Gasteiger partial charge on any atom is 0.281 e. The highest BCUT2D eigenvalue weighted by atomic mass is 32.2. The summed E-state index contributed by atoms with van der Waals surface area (Å²) in [6, 6.07) is 3.81. The topological polar surface area (TPSA) is 63.8 Å². The van der Waals surface area contributed by atoms with Gasteiger partial charge in [0.25, 0.3) is 5.22 Å². The SMILES string of the molecule is CNc1cc(Sc2nnc(C)o2)ccn1. The molecule has 0 aliphatic carbocycles. The number of rotatable bonds is 3. The first-order valence-electron chi connectivity index (χ1n) is 4.39. The lowest BCUT2D eigenvalue weighted by Crippen LogP contribution is -1.90. The van der Waals surface area contributed by atoms with Crippen LogP contribution in [0.3, 0.4) is 0 Å². The van der Waals surface area contributed by atoms with Crippen molar-refractivity contribution in [1.82, 2.24) is 15.2 Å². The van der Waals surface area contributed by atoms with Gasteiger partial charge in [0.05, 0.1) is 0 Å². The number of aromatic nitrogens is 3. The van der Waals surface area contributed by atoms with Crippen LogP contribution in [0.4, 0.5) is 5.82 Å². The third-order valence-electron chi connectivity index (χ3n) is 1.70. The summed E-state index contributed by atoms with van der Waals surface area (Å²) < 4.78 is 5.26. The van der Waals surface area contributed by atoms with Crippen LogP contribution in [0, 0.1) is 6.92 Å². The van der Waals surface area contributed by atoms with Gasteiger partial charge in [0.2, 0.25) is 5.89 Å². The molecule has 6 heteroatoms. The van der Waals surface area contributed by atoms with Crippen LogP contribution < -0.4 is 5.32 Å². The summed E-state index contributed by atoms with van der Waals surface area (Å²) in [5.41, 5.74) is 0. The Hall–Kier alpha value is -1.56. The molecule has 78 valence electrons. The Balaban J connectivity index is 2.16. The van der Waals surface area contributed by atoms with Crippen LogP contribution in [0.5, 0.6) is 0 Å². The van der Waals surface area contributed by atoms with Gasteiger partial charge >= 0.3 is 0 Å². The molecule has 0 bridgehead atoms. The van der Waals surface area contributed by atoms with Gasteiger partial charge in [-0.25, -0.2) is 4.98 Å². The van der Waals surface area contributed by atoms with E-state index in [1.165, 1.54) is 11.8 Å². The minimum Gasteiger partial charge on any atom is -0.416 e. The second-order valence-corrected chi connectivity index (χ2v) is 3.84. The second-order valence-electron chi connectivity index (χ2n) is 2.82. The van der Waals surface area contributed by atoms with Gasteiger partial charge in [-0.2, -0.15) is 0 Å². The quantitative estimate of drug-likeness (QED) is 0.856. The van der Waals surface area contributed by atoms with Gasteiger partial charge in [0.1, 0.15) is 5.82 Å². The summed E-state index contributed by atoms with van der Waals surface area (Å²) >= 11 is 1.42. The average Bonchev–Trinajstić information content (AvgIpc) is 2.64. The molecule has 0 radical (unpaired) electrons. The van der Waals surface area contributed by atoms with Gasteiger partial charge in [-0.15, -0.1) is 10.2 Å². The zero-order valence-corrected chi connectivity index (χ0v) is 9.21. The van der Waals surface area contributed by atoms with Crippen molar-refractivity contribution >= 4 is 17.6 Å². The van der Waals surface area contributed by atoms with Gasteiger partial charge in [-0.3, -0.25) is 0 Å². The maximum absolute atomic E-state index is 5.26. The number of hydrogen-bond donors (Lipinski definition) is 1. The highest BCUT2D eigenvalue weighted by molar-refractivity contribution is 7.99. The first-order chi connectivity index (χ1) is 7.28. The van der Waals surface area contributed by atoms with Crippen LogP contribution in [-0.4, -0.2) is 22.2 Å². The van der Waals surface area contributed by atoms with E-state index in [0.717, 1.165) is 10.7 Å². The van der Waals surface area contributed by atoms with Crippen LogP contribution in [-0.2, 0) is 0 Å². The number of hydrogen-bond acceptors (Lipinski definition) is 6. The predicted octanol–water partition coefficient (Wildman–Crippen LogP) is 1.97. The van der Waals surface area contributed by atoms with Gasteiger partial charge in [-0.1, -0.05) is 0 Å². The van der Waals surface area contributed by atoms with Crippen molar-refractivity contribution in [3.63, 3.8) is 0 Å². The molecule has 0 saturated carbocycles. The fraction of sp³-hybridized carbons (Fsp3) is 0.222. The molecule has 5 nitrogen and oxygen atoms in total. The smallest absolute Gasteiger partial charge is 0.281 e. The van der Waals surface area contributed by atoms with E-state index >= 15 is 0 Å². The molecule has 0 amide bonds. The van der Waals surface area contributed by atoms with Gasteiger partial charge in [-0.05, 0) is 23.9 Å². The summed E-state index contributed by atoms with van der Waals surface area (Å²) in [6.07, 6.45) is 1.73. The molecular formula is C9H10N4OS. The molecular weight excluding hydrogens is 212 g/mol. The van der Waals surface area contributed by atoms with Crippen molar-refractivity contribution in [3.8, 4) is 0 Å². The molecule has 0 saturated heterocycles. The van der Waals surface area contributed by atoms with E-state index in [4.69, 9.17) is 4.42 Å². The van der Waals surface area contributed by atoms with Crippen LogP contribution in [0.25, 0.3) is 0 Å². The summed E-state index contributed by atoms with van der Waals surface area (Å²) in [6.45, 7) is 1.77. The number of nitrogens with zero attached hydrogens (tertiary/aromatic N) is 3. The van der Waals surface area contributed by atoms with E-state index in [0.29, 0.717) is 11.1 Å². The molecule has 0 unspecified atom stereocenters. The number of aryl methyl sites for hydroxylation is 1. The first kappa shape index (κ1) is 9.97. The first-order valence-corrected chi connectivity index (χ1v) is 5.21. The normalized spacial score (nSPS) is 10.3. The molecule has 15 heavy (non-hydrogen) atoms. The van der Waals surface area contributed by atoms with E-state index in [9.17, 15) is 0 Å². The van der Waals surface area contributed by atoms with Crippen molar-refractivity contribution in [1.29, 1.82) is 0 Å². The van der Waals surface area contributed by atoms with Crippen LogP contribution in [0.15, 0.2) is 32.9 Å². The Morgan fingerprint density at radius 3 is 2.93 bits per heavy atom. The lowest BCUT2D eigenvalue weighted by molar-refractivity contribution is 0.429. The third kappa shape index (κ3) is 2.47. The number of pyridine rings is 1. The molecule has 2 aromatic rings. The summed E-state index contributed by atoms with van der Waals surface area (Å²) in [5, 5.41) is 11.2. The average molecular weight is 222 g/mol. The van der Waals surface area contributed by atoms with Gasteiger partial charge in [0, 0.05) is 25.1 Å². The van der Waals surface area contributed by atoms with Crippen molar-refractivity contribution < 1.29 is 4.42 Å². The van der Waals surface area contributed by atoms with E-state index in [2.05, 4.69) is 20.5 Å². The lowest BCUT2D eigenvalue weighted by Gasteiger charge is -2.00. The largest absolute Gasteiger partial charge is 0.416 e.